The summed E-state index contributed by atoms with van der Waals surface area (Å²) >= 11 is 0. The molecular weight excluding hydrogens is 597 g/mol. The molecule has 2 N–H and O–H groups in total. The van der Waals surface area contributed by atoms with Gasteiger partial charge in [0.15, 0.2) is 0 Å². The van der Waals surface area contributed by atoms with Gasteiger partial charge < -0.3 is 10.4 Å². The first-order valence-corrected chi connectivity index (χ1v) is 15.6. The molecule has 1 aliphatic rings. The minimum atomic E-state index is -1.57. The highest BCUT2D eigenvalue weighted by molar-refractivity contribution is 5.82. The quantitative estimate of drug-likeness (QED) is 0.255. The molecule has 3 aromatic rings. The van der Waals surface area contributed by atoms with Gasteiger partial charge in [0.2, 0.25) is 5.91 Å². The predicted molar refractivity (Wildman–Crippen MR) is 171 cm³/mol. The first-order chi connectivity index (χ1) is 21.5. The minimum absolute atomic E-state index is 0.0864. The van der Waals surface area contributed by atoms with Crippen LogP contribution in [0.5, 0.6) is 0 Å². The van der Waals surface area contributed by atoms with Crippen LogP contribution in [0.1, 0.15) is 79.2 Å². The van der Waals surface area contributed by atoms with Gasteiger partial charge in [0.1, 0.15) is 23.3 Å². The smallest absolute Gasteiger partial charge is 0.348 e. The third kappa shape index (κ3) is 7.68. The minimum Gasteiger partial charge on any atom is -0.481 e. The molecule has 0 bridgehead atoms. The highest BCUT2D eigenvalue weighted by atomic mass is 19.1. The summed E-state index contributed by atoms with van der Waals surface area (Å²) in [7, 11) is 0. The number of carbonyl (C=O) groups excluding carboxylic acids is 1. The molecule has 2 atom stereocenters. The van der Waals surface area contributed by atoms with Crippen LogP contribution in [0.15, 0.2) is 35.3 Å². The van der Waals surface area contributed by atoms with Crippen LogP contribution >= 0.6 is 0 Å². The normalized spacial score (nSPS) is 15.8. The van der Waals surface area contributed by atoms with Crippen LogP contribution in [0.25, 0.3) is 11.1 Å². The van der Waals surface area contributed by atoms with Gasteiger partial charge in [-0.15, -0.1) is 0 Å². The van der Waals surface area contributed by atoms with Gasteiger partial charge in [-0.1, -0.05) is 32.0 Å². The van der Waals surface area contributed by atoms with Gasteiger partial charge in [-0.3, -0.25) is 19.1 Å². The second kappa shape index (κ2) is 13.8. The Hall–Kier alpha value is -3.99. The van der Waals surface area contributed by atoms with Gasteiger partial charge in [0.05, 0.1) is 12.5 Å². The number of hydrogen-bond donors (Lipinski definition) is 2. The maximum absolute atomic E-state index is 16.4. The molecule has 46 heavy (non-hydrogen) atoms. The van der Waals surface area contributed by atoms with E-state index in [1.54, 1.807) is 46.0 Å². The van der Waals surface area contributed by atoms with E-state index in [1.165, 1.54) is 17.6 Å². The molecule has 248 valence electrons. The van der Waals surface area contributed by atoms with Crippen molar-refractivity contribution in [3.05, 3.63) is 86.1 Å². The van der Waals surface area contributed by atoms with Crippen LogP contribution in [0.3, 0.4) is 0 Å². The van der Waals surface area contributed by atoms with Crippen LogP contribution in [0.4, 0.5) is 13.2 Å². The fourth-order valence-corrected chi connectivity index (χ4v) is 6.37. The van der Waals surface area contributed by atoms with E-state index in [-0.39, 0.29) is 23.5 Å². The summed E-state index contributed by atoms with van der Waals surface area (Å²) in [5, 5.41) is 12.4. The second-order valence-corrected chi connectivity index (χ2v) is 13.3. The number of aromatic nitrogens is 2. The summed E-state index contributed by atoms with van der Waals surface area (Å²) in [4.78, 5) is 45.2. The van der Waals surface area contributed by atoms with E-state index >= 15 is 8.78 Å². The van der Waals surface area contributed by atoms with Crippen molar-refractivity contribution in [2.45, 2.75) is 85.5 Å². The molecule has 0 saturated carbocycles. The van der Waals surface area contributed by atoms with Crippen molar-refractivity contribution in [1.82, 2.24) is 19.8 Å². The van der Waals surface area contributed by atoms with E-state index in [9.17, 15) is 23.9 Å². The van der Waals surface area contributed by atoms with Gasteiger partial charge in [-0.2, -0.15) is 4.98 Å². The van der Waals surface area contributed by atoms with Crippen molar-refractivity contribution in [2.24, 2.45) is 5.92 Å². The number of amides is 1. The lowest BCUT2D eigenvalue weighted by Crippen LogP contribution is -2.57. The van der Waals surface area contributed by atoms with Crippen molar-refractivity contribution in [1.29, 1.82) is 0 Å². The van der Waals surface area contributed by atoms with Gasteiger partial charge in [0, 0.05) is 42.7 Å². The third-order valence-corrected chi connectivity index (χ3v) is 8.59. The van der Waals surface area contributed by atoms with Crippen LogP contribution in [0, 0.1) is 45.2 Å². The van der Waals surface area contributed by atoms with E-state index in [2.05, 4.69) is 10.3 Å². The number of rotatable bonds is 12. The number of likely N-dealkylation sites (tertiary alicyclic amines) is 1. The largest absolute Gasteiger partial charge is 0.481 e. The molecule has 1 fully saturated rings. The molecule has 1 amide bonds. The molecule has 8 nitrogen and oxygen atoms in total. The lowest BCUT2D eigenvalue weighted by atomic mass is 9.89. The number of carboxylic acids is 1. The summed E-state index contributed by atoms with van der Waals surface area (Å²) in [6.07, 6.45) is 1.41. The van der Waals surface area contributed by atoms with Crippen molar-refractivity contribution in [3.63, 3.8) is 0 Å². The Morgan fingerprint density at radius 1 is 1.07 bits per heavy atom. The van der Waals surface area contributed by atoms with Crippen molar-refractivity contribution >= 4 is 11.9 Å². The molecule has 2 aromatic carbocycles. The van der Waals surface area contributed by atoms with Crippen molar-refractivity contribution < 1.29 is 27.9 Å². The number of halogens is 3. The molecule has 1 aliphatic heterocycles. The highest BCUT2D eigenvalue weighted by Gasteiger charge is 2.38. The van der Waals surface area contributed by atoms with Crippen molar-refractivity contribution in [2.75, 3.05) is 19.6 Å². The predicted octanol–water partition coefficient (Wildman–Crippen LogP) is 5.93. The lowest BCUT2D eigenvalue weighted by Gasteiger charge is -2.42. The second-order valence-electron chi connectivity index (χ2n) is 13.3. The number of carbonyl (C=O) groups is 2. The monoisotopic (exact) mass is 640 g/mol. The van der Waals surface area contributed by atoms with Gasteiger partial charge in [-0.25, -0.2) is 18.0 Å². The zero-order valence-electron chi connectivity index (χ0n) is 27.5. The molecule has 2 heterocycles. The van der Waals surface area contributed by atoms with Crippen LogP contribution in [0.2, 0.25) is 0 Å². The fourth-order valence-electron chi connectivity index (χ4n) is 6.37. The first kappa shape index (κ1) is 34.9. The van der Waals surface area contributed by atoms with Crippen LogP contribution in [-0.4, -0.2) is 56.7 Å². The Kier molecular flexibility index (Phi) is 10.5. The SMILES string of the molecule is Cc1cc(-c2c(C)cccc2C)c(F)c(C(CC(=O)O)NC(=O)C(CC(C)C)n2cc(CCN3CC(C)(F)C3)c(C)nc2=O)c1F. The number of carboxylic acid groups (broad SMARTS) is 1. The summed E-state index contributed by atoms with van der Waals surface area (Å²) in [5.41, 5.74) is 0.982. The molecular formula is C35H43F3N4O4. The maximum Gasteiger partial charge on any atom is 0.348 e. The molecule has 1 saturated heterocycles. The Morgan fingerprint density at radius 3 is 2.26 bits per heavy atom. The van der Waals surface area contributed by atoms with E-state index in [0.717, 1.165) is 11.1 Å². The summed E-state index contributed by atoms with van der Waals surface area (Å²) in [5.74, 6) is -4.13. The van der Waals surface area contributed by atoms with Gasteiger partial charge in [-0.05, 0) is 87.3 Å². The average Bonchev–Trinajstić information content (AvgIpc) is 2.92. The molecule has 11 heteroatoms. The molecule has 0 aliphatic carbocycles. The van der Waals surface area contributed by atoms with Gasteiger partial charge in [0.25, 0.3) is 0 Å². The van der Waals surface area contributed by atoms with Crippen LogP contribution < -0.4 is 11.0 Å². The molecule has 1 aromatic heterocycles. The number of hydrogen-bond acceptors (Lipinski definition) is 5. The van der Waals surface area contributed by atoms with Crippen molar-refractivity contribution in [3.8, 4) is 11.1 Å². The number of aryl methyl sites for hydroxylation is 4. The molecule has 2 unspecified atom stereocenters. The lowest BCUT2D eigenvalue weighted by molar-refractivity contribution is -0.138. The third-order valence-electron chi connectivity index (χ3n) is 8.59. The zero-order valence-corrected chi connectivity index (χ0v) is 27.5. The number of alkyl halides is 1. The maximum atomic E-state index is 16.4. The summed E-state index contributed by atoms with van der Waals surface area (Å²) in [6, 6.07) is 4.11. The number of nitrogens with zero attached hydrogens (tertiary/aromatic N) is 3. The summed E-state index contributed by atoms with van der Waals surface area (Å²) < 4.78 is 47.3. The fraction of sp³-hybridized carbons (Fsp3) is 0.486. The Labute approximate surface area is 267 Å². The standard InChI is InChI=1S/C35H43F3N4O4/c1-19(2)13-27(42-16-24(23(6)39-34(42)46)11-12-41-17-35(7,38)18-41)33(45)40-26(15-28(43)44)30-31(36)22(5)14-25(32(30)37)29-20(3)9-8-10-21(29)4/h8-10,14,16,19,26-27H,11-13,15,17-18H2,1-7H3,(H,40,45)(H,43,44). The highest BCUT2D eigenvalue weighted by Crippen LogP contribution is 2.37. The molecule has 0 spiro atoms. The topological polar surface area (TPSA) is 105 Å². The van der Waals surface area contributed by atoms with Crippen LogP contribution in [-0.2, 0) is 16.0 Å². The molecule has 0 radical (unpaired) electrons. The zero-order chi connectivity index (χ0) is 34.1. The Morgan fingerprint density at radius 2 is 1.70 bits per heavy atom. The summed E-state index contributed by atoms with van der Waals surface area (Å²) in [6.45, 7) is 13.2. The Bertz CT molecular complexity index is 1670. The number of nitrogens with one attached hydrogen (secondary N) is 1. The van der Waals surface area contributed by atoms with E-state index in [1.807, 2.05) is 24.8 Å². The van der Waals surface area contributed by atoms with E-state index in [4.69, 9.17) is 0 Å². The molecule has 4 rings (SSSR count). The Balaban J connectivity index is 1.73. The van der Waals surface area contributed by atoms with E-state index in [0.29, 0.717) is 42.9 Å². The number of aliphatic carboxylic acids is 1. The van der Waals surface area contributed by atoms with E-state index < -0.39 is 58.9 Å². The van der Waals surface area contributed by atoms with Gasteiger partial charge >= 0.3 is 11.7 Å². The average molecular weight is 641 g/mol. The number of benzene rings is 2. The first-order valence-electron chi connectivity index (χ1n) is 15.6.